The molecule has 0 amide bonds. The monoisotopic (exact) mass is 322 g/mol. The third-order valence-corrected chi connectivity index (χ3v) is 4.29. The lowest BCUT2D eigenvalue weighted by molar-refractivity contribution is 1.32. The molecule has 96 valence electrons. The quantitative estimate of drug-likeness (QED) is 0.516. The molecule has 0 aliphatic carbocycles. The molecule has 0 saturated carbocycles. The van der Waals surface area contributed by atoms with Crippen molar-refractivity contribution in [2.24, 2.45) is 0 Å². The van der Waals surface area contributed by atoms with Crippen molar-refractivity contribution >= 4 is 37.7 Å². The van der Waals surface area contributed by atoms with Crippen molar-refractivity contribution in [1.29, 1.82) is 0 Å². The van der Waals surface area contributed by atoms with Crippen molar-refractivity contribution in [3.8, 4) is 11.1 Å². The van der Waals surface area contributed by atoms with Crippen LogP contribution in [0.2, 0.25) is 0 Å². The van der Waals surface area contributed by atoms with Crippen molar-refractivity contribution in [1.82, 2.24) is 9.97 Å². The highest BCUT2D eigenvalue weighted by Crippen LogP contribution is 2.35. The fourth-order valence-electron chi connectivity index (χ4n) is 2.67. The molecule has 2 aromatic heterocycles. The molecule has 2 nitrogen and oxygen atoms in total. The van der Waals surface area contributed by atoms with Crippen molar-refractivity contribution < 1.29 is 0 Å². The van der Waals surface area contributed by atoms with Gasteiger partial charge in [-0.1, -0.05) is 52.3 Å². The van der Waals surface area contributed by atoms with E-state index in [9.17, 15) is 0 Å². The SMILES string of the molecule is Brc1ccncc1-c1cccc2c1[nH]c1ccccc12. The van der Waals surface area contributed by atoms with Gasteiger partial charge < -0.3 is 4.98 Å². The molecule has 0 bridgehead atoms. The van der Waals surface area contributed by atoms with E-state index in [1.165, 1.54) is 16.3 Å². The first kappa shape index (κ1) is 11.7. The van der Waals surface area contributed by atoms with E-state index in [1.54, 1.807) is 6.20 Å². The van der Waals surface area contributed by atoms with Crippen LogP contribution in [0, 0.1) is 0 Å². The number of hydrogen-bond donors (Lipinski definition) is 1. The second-order valence-corrected chi connectivity index (χ2v) is 5.61. The molecule has 1 N–H and O–H groups in total. The minimum Gasteiger partial charge on any atom is -0.354 e. The molecule has 0 atom stereocenters. The summed E-state index contributed by atoms with van der Waals surface area (Å²) in [5, 5.41) is 2.50. The molecule has 0 radical (unpaired) electrons. The number of pyridine rings is 1. The van der Waals surface area contributed by atoms with E-state index in [0.29, 0.717) is 0 Å². The van der Waals surface area contributed by atoms with Crippen molar-refractivity contribution in [3.63, 3.8) is 0 Å². The molecule has 0 saturated heterocycles. The Morgan fingerprint density at radius 2 is 1.70 bits per heavy atom. The minimum absolute atomic E-state index is 1.05. The van der Waals surface area contributed by atoms with Crippen LogP contribution in [-0.2, 0) is 0 Å². The van der Waals surface area contributed by atoms with Gasteiger partial charge in [0.25, 0.3) is 0 Å². The first-order valence-electron chi connectivity index (χ1n) is 6.44. The average Bonchev–Trinajstić information content (AvgIpc) is 2.86. The zero-order valence-electron chi connectivity index (χ0n) is 10.6. The van der Waals surface area contributed by atoms with Crippen molar-refractivity contribution in [3.05, 3.63) is 65.4 Å². The molecular formula is C17H11BrN2. The van der Waals surface area contributed by atoms with E-state index >= 15 is 0 Å². The fraction of sp³-hybridized carbons (Fsp3) is 0. The lowest BCUT2D eigenvalue weighted by atomic mass is 10.0. The highest BCUT2D eigenvalue weighted by Gasteiger charge is 2.11. The first-order chi connectivity index (χ1) is 9.84. The Labute approximate surface area is 124 Å². The summed E-state index contributed by atoms with van der Waals surface area (Å²) in [5.41, 5.74) is 4.58. The third-order valence-electron chi connectivity index (χ3n) is 3.60. The van der Waals surface area contributed by atoms with Gasteiger partial charge in [-0.2, -0.15) is 0 Å². The van der Waals surface area contributed by atoms with Crippen LogP contribution in [0.4, 0.5) is 0 Å². The van der Waals surface area contributed by atoms with Crippen molar-refractivity contribution in [2.45, 2.75) is 0 Å². The molecular weight excluding hydrogens is 312 g/mol. The largest absolute Gasteiger partial charge is 0.354 e. The second-order valence-electron chi connectivity index (χ2n) is 4.75. The molecule has 0 aliphatic rings. The summed E-state index contributed by atoms with van der Waals surface area (Å²) < 4.78 is 1.05. The number of hydrogen-bond acceptors (Lipinski definition) is 1. The number of aromatic amines is 1. The maximum atomic E-state index is 4.24. The van der Waals surface area contributed by atoms with Crippen LogP contribution in [-0.4, -0.2) is 9.97 Å². The number of nitrogens with zero attached hydrogens (tertiary/aromatic N) is 1. The molecule has 0 aliphatic heterocycles. The molecule has 0 unspecified atom stereocenters. The lowest BCUT2D eigenvalue weighted by Gasteiger charge is -2.05. The van der Waals surface area contributed by atoms with Gasteiger partial charge in [-0.05, 0) is 12.1 Å². The highest BCUT2D eigenvalue weighted by atomic mass is 79.9. The molecule has 2 heterocycles. The van der Waals surface area contributed by atoms with Crippen LogP contribution in [0.25, 0.3) is 32.9 Å². The Morgan fingerprint density at radius 3 is 2.60 bits per heavy atom. The van der Waals surface area contributed by atoms with Gasteiger partial charge >= 0.3 is 0 Å². The molecule has 20 heavy (non-hydrogen) atoms. The van der Waals surface area contributed by atoms with Gasteiger partial charge in [0.05, 0.1) is 5.52 Å². The van der Waals surface area contributed by atoms with Crippen LogP contribution in [0.1, 0.15) is 0 Å². The van der Waals surface area contributed by atoms with Crippen LogP contribution < -0.4 is 0 Å². The van der Waals surface area contributed by atoms with Gasteiger partial charge in [-0.3, -0.25) is 4.98 Å². The summed E-state index contributed by atoms with van der Waals surface area (Å²) in [7, 11) is 0. The van der Waals surface area contributed by atoms with Gasteiger partial charge in [0.1, 0.15) is 0 Å². The summed E-state index contributed by atoms with van der Waals surface area (Å²) in [6.45, 7) is 0. The van der Waals surface area contributed by atoms with Gasteiger partial charge in [0, 0.05) is 44.3 Å². The highest BCUT2D eigenvalue weighted by molar-refractivity contribution is 9.10. The number of rotatable bonds is 1. The second kappa shape index (κ2) is 4.46. The maximum absolute atomic E-state index is 4.24. The summed E-state index contributed by atoms with van der Waals surface area (Å²) >= 11 is 3.61. The first-order valence-corrected chi connectivity index (χ1v) is 7.23. The number of para-hydroxylation sites is 2. The third kappa shape index (κ3) is 1.67. The van der Waals surface area contributed by atoms with Crippen LogP contribution >= 0.6 is 15.9 Å². The van der Waals surface area contributed by atoms with Gasteiger partial charge in [-0.15, -0.1) is 0 Å². The summed E-state index contributed by atoms with van der Waals surface area (Å²) in [4.78, 5) is 7.76. The zero-order valence-corrected chi connectivity index (χ0v) is 12.2. The molecule has 2 aromatic carbocycles. The van der Waals surface area contributed by atoms with Crippen LogP contribution in [0.15, 0.2) is 65.4 Å². The van der Waals surface area contributed by atoms with Gasteiger partial charge in [0.15, 0.2) is 0 Å². The number of halogens is 1. The molecule has 4 aromatic rings. The van der Waals surface area contributed by atoms with Crippen molar-refractivity contribution in [2.75, 3.05) is 0 Å². The molecule has 0 fully saturated rings. The Balaban J connectivity index is 2.13. The minimum atomic E-state index is 1.05. The smallest absolute Gasteiger partial charge is 0.0545 e. The predicted octanol–water partition coefficient (Wildman–Crippen LogP) is 5.15. The Morgan fingerprint density at radius 1 is 0.850 bits per heavy atom. The topological polar surface area (TPSA) is 28.7 Å². The number of aromatic nitrogens is 2. The van der Waals surface area contributed by atoms with E-state index in [4.69, 9.17) is 0 Å². The van der Waals surface area contributed by atoms with E-state index < -0.39 is 0 Å². The summed E-state index contributed by atoms with van der Waals surface area (Å²) in [6, 6.07) is 16.7. The normalized spacial score (nSPS) is 11.2. The average molecular weight is 323 g/mol. The Kier molecular flexibility index (Phi) is 2.60. The van der Waals surface area contributed by atoms with Gasteiger partial charge in [0.2, 0.25) is 0 Å². The summed E-state index contributed by atoms with van der Waals surface area (Å²) in [5.74, 6) is 0. The van der Waals surface area contributed by atoms with Gasteiger partial charge in [-0.25, -0.2) is 0 Å². The number of fused-ring (bicyclic) bond motifs is 3. The summed E-state index contributed by atoms with van der Waals surface area (Å²) in [6.07, 6.45) is 3.68. The predicted molar refractivity (Wildman–Crippen MR) is 86.7 cm³/mol. The van der Waals surface area contributed by atoms with E-state index in [-0.39, 0.29) is 0 Å². The van der Waals surface area contributed by atoms with Crippen LogP contribution in [0.3, 0.4) is 0 Å². The van der Waals surface area contributed by atoms with Crippen LogP contribution in [0.5, 0.6) is 0 Å². The number of H-pyrrole nitrogens is 1. The number of nitrogens with one attached hydrogen (secondary N) is 1. The van der Waals surface area contributed by atoms with E-state index in [1.807, 2.05) is 12.3 Å². The zero-order chi connectivity index (χ0) is 13.5. The Bertz CT molecular complexity index is 924. The molecule has 4 rings (SSSR count). The standard InChI is InChI=1S/C17H11BrN2/c18-15-8-9-19-10-14(15)13-6-3-5-12-11-4-1-2-7-16(11)20-17(12)13/h1-10,20H. The maximum Gasteiger partial charge on any atom is 0.0545 e. The van der Waals surface area contributed by atoms with E-state index in [0.717, 1.165) is 21.1 Å². The lowest BCUT2D eigenvalue weighted by Crippen LogP contribution is -1.83. The Hall–Kier alpha value is -2.13. The molecule has 0 spiro atoms. The fourth-order valence-corrected chi connectivity index (χ4v) is 3.11. The number of benzene rings is 2. The van der Waals surface area contributed by atoms with E-state index in [2.05, 4.69) is 68.4 Å². The molecule has 3 heteroatoms.